The van der Waals surface area contributed by atoms with Crippen LogP contribution in [0.5, 0.6) is 0 Å². The van der Waals surface area contributed by atoms with Crippen molar-refractivity contribution in [3.63, 3.8) is 0 Å². The fourth-order valence-electron chi connectivity index (χ4n) is 4.05. The Morgan fingerprint density at radius 2 is 1.69 bits per heavy atom. The van der Waals surface area contributed by atoms with E-state index < -0.39 is 4.92 Å². The van der Waals surface area contributed by atoms with Crippen LogP contribution in [0.2, 0.25) is 0 Å². The average molecular weight is 395 g/mol. The van der Waals surface area contributed by atoms with E-state index in [0.29, 0.717) is 13.1 Å². The smallest absolute Gasteiger partial charge is 0.282 e. The summed E-state index contributed by atoms with van der Waals surface area (Å²) < 4.78 is 0. The van der Waals surface area contributed by atoms with Crippen molar-refractivity contribution in [2.75, 3.05) is 44.2 Å². The lowest BCUT2D eigenvalue weighted by Gasteiger charge is -2.36. The van der Waals surface area contributed by atoms with Crippen molar-refractivity contribution in [2.45, 2.75) is 19.4 Å². The number of rotatable bonds is 5. The molecule has 8 nitrogen and oxygen atoms in total. The molecule has 152 valence electrons. The predicted molar refractivity (Wildman–Crippen MR) is 110 cm³/mol. The van der Waals surface area contributed by atoms with E-state index in [2.05, 4.69) is 14.8 Å². The van der Waals surface area contributed by atoms with E-state index in [4.69, 9.17) is 0 Å². The van der Waals surface area contributed by atoms with Crippen molar-refractivity contribution in [2.24, 2.45) is 0 Å². The highest BCUT2D eigenvalue weighted by atomic mass is 16.6. The molecular formula is C21H25N5O3. The summed E-state index contributed by atoms with van der Waals surface area (Å²) in [4.78, 5) is 34.2. The molecular weight excluding hydrogens is 370 g/mol. The van der Waals surface area contributed by atoms with Crippen LogP contribution in [0.25, 0.3) is 0 Å². The zero-order valence-electron chi connectivity index (χ0n) is 16.4. The number of benzene rings is 1. The summed E-state index contributed by atoms with van der Waals surface area (Å²) in [7, 11) is 0. The van der Waals surface area contributed by atoms with Gasteiger partial charge in [0.25, 0.3) is 11.6 Å². The van der Waals surface area contributed by atoms with Gasteiger partial charge in [0.05, 0.1) is 4.92 Å². The molecule has 0 bridgehead atoms. The third-order valence-electron chi connectivity index (χ3n) is 5.69. The Morgan fingerprint density at radius 1 is 1.00 bits per heavy atom. The third kappa shape index (κ3) is 4.37. The van der Waals surface area contributed by atoms with Crippen molar-refractivity contribution in [1.82, 2.24) is 14.8 Å². The Morgan fingerprint density at radius 3 is 2.34 bits per heavy atom. The zero-order valence-corrected chi connectivity index (χ0v) is 16.4. The molecule has 0 radical (unpaired) electrons. The number of anilines is 1. The van der Waals surface area contributed by atoms with Gasteiger partial charge in [-0.1, -0.05) is 0 Å². The van der Waals surface area contributed by atoms with Gasteiger partial charge in [-0.3, -0.25) is 24.8 Å². The van der Waals surface area contributed by atoms with Gasteiger partial charge in [0.2, 0.25) is 0 Å². The minimum atomic E-state index is -0.459. The fraction of sp³-hybridized carbons (Fsp3) is 0.429. The maximum absolute atomic E-state index is 12.9. The van der Waals surface area contributed by atoms with E-state index in [1.807, 2.05) is 12.1 Å². The lowest BCUT2D eigenvalue weighted by atomic mass is 10.1. The van der Waals surface area contributed by atoms with Crippen LogP contribution in [0.1, 0.15) is 28.8 Å². The second kappa shape index (κ2) is 8.57. The van der Waals surface area contributed by atoms with E-state index in [-0.39, 0.29) is 17.2 Å². The first kappa shape index (κ1) is 19.3. The number of carbonyl (C=O) groups is 1. The minimum absolute atomic E-state index is 0.109. The molecule has 1 aromatic heterocycles. The first-order valence-electron chi connectivity index (χ1n) is 10.1. The van der Waals surface area contributed by atoms with E-state index in [9.17, 15) is 14.9 Å². The van der Waals surface area contributed by atoms with Gasteiger partial charge >= 0.3 is 0 Å². The number of nitrogens with zero attached hydrogens (tertiary/aromatic N) is 5. The number of amides is 1. The quantitative estimate of drug-likeness (QED) is 0.572. The van der Waals surface area contributed by atoms with E-state index >= 15 is 0 Å². The standard InChI is InChI=1S/C21H25N5O3/c27-21(25-9-1-2-10-25)19-15-18(3-4-20(19)26(28)29)24-13-11-23(12-14-24)16-17-5-7-22-8-6-17/h3-8,15H,1-2,9-14,16H2. The number of pyridine rings is 1. The molecule has 8 heteroatoms. The summed E-state index contributed by atoms with van der Waals surface area (Å²) in [5.74, 6) is -0.229. The summed E-state index contributed by atoms with van der Waals surface area (Å²) in [5, 5.41) is 11.5. The number of aromatic nitrogens is 1. The summed E-state index contributed by atoms with van der Waals surface area (Å²) in [5.41, 5.74) is 2.21. The van der Waals surface area contributed by atoms with Crippen LogP contribution < -0.4 is 4.90 Å². The molecule has 2 aromatic rings. The molecule has 0 atom stereocenters. The first-order chi connectivity index (χ1) is 14.1. The molecule has 0 N–H and O–H groups in total. The maximum atomic E-state index is 12.9. The molecule has 0 aliphatic carbocycles. The fourth-order valence-corrected chi connectivity index (χ4v) is 4.05. The van der Waals surface area contributed by atoms with E-state index in [1.165, 1.54) is 11.6 Å². The van der Waals surface area contributed by atoms with Crippen LogP contribution in [0.4, 0.5) is 11.4 Å². The zero-order chi connectivity index (χ0) is 20.2. The summed E-state index contributed by atoms with van der Waals surface area (Å²) in [6.45, 7) is 5.67. The van der Waals surface area contributed by atoms with Crippen LogP contribution in [0.15, 0.2) is 42.7 Å². The largest absolute Gasteiger partial charge is 0.369 e. The average Bonchev–Trinajstić information content (AvgIpc) is 3.29. The van der Waals surface area contributed by atoms with Gasteiger partial charge in [-0.25, -0.2) is 0 Å². The van der Waals surface area contributed by atoms with Gasteiger partial charge < -0.3 is 9.80 Å². The SMILES string of the molecule is O=C(c1cc(N2CCN(Cc3ccncc3)CC2)ccc1[N+](=O)[O-])N1CCCC1. The van der Waals surface area contributed by atoms with Crippen molar-refractivity contribution in [3.8, 4) is 0 Å². The number of carbonyl (C=O) groups excluding carboxylic acids is 1. The molecule has 2 aliphatic heterocycles. The predicted octanol–water partition coefficient (Wildman–Crippen LogP) is 2.55. The van der Waals surface area contributed by atoms with Gasteiger partial charge in [0, 0.05) is 70.0 Å². The van der Waals surface area contributed by atoms with Gasteiger partial charge in [-0.2, -0.15) is 0 Å². The molecule has 2 saturated heterocycles. The molecule has 3 heterocycles. The molecule has 0 saturated carbocycles. The molecule has 1 aromatic carbocycles. The van der Waals surface area contributed by atoms with Crippen molar-refractivity contribution < 1.29 is 9.72 Å². The first-order valence-corrected chi connectivity index (χ1v) is 10.1. The number of likely N-dealkylation sites (tertiary alicyclic amines) is 1. The Hall–Kier alpha value is -3.00. The van der Waals surface area contributed by atoms with Crippen LogP contribution in [0.3, 0.4) is 0 Å². The highest BCUT2D eigenvalue weighted by Crippen LogP contribution is 2.28. The second-order valence-corrected chi connectivity index (χ2v) is 7.58. The van der Waals surface area contributed by atoms with Gasteiger partial charge in [-0.05, 0) is 42.7 Å². The topological polar surface area (TPSA) is 82.8 Å². The summed E-state index contributed by atoms with van der Waals surface area (Å²) in [6, 6.07) is 8.99. The molecule has 4 rings (SSSR count). The molecule has 2 fully saturated rings. The van der Waals surface area contributed by atoms with Gasteiger partial charge in [0.1, 0.15) is 5.56 Å². The second-order valence-electron chi connectivity index (χ2n) is 7.58. The number of piperazine rings is 1. The van der Waals surface area contributed by atoms with Gasteiger partial charge in [-0.15, -0.1) is 0 Å². The highest BCUT2D eigenvalue weighted by molar-refractivity contribution is 5.99. The monoisotopic (exact) mass is 395 g/mol. The molecule has 0 spiro atoms. The van der Waals surface area contributed by atoms with Crippen LogP contribution >= 0.6 is 0 Å². The Balaban J connectivity index is 1.47. The van der Waals surface area contributed by atoms with E-state index in [0.717, 1.165) is 51.3 Å². The number of hydrogen-bond acceptors (Lipinski definition) is 6. The highest BCUT2D eigenvalue weighted by Gasteiger charge is 2.28. The van der Waals surface area contributed by atoms with Crippen molar-refractivity contribution >= 4 is 17.3 Å². The van der Waals surface area contributed by atoms with Crippen LogP contribution in [-0.2, 0) is 6.54 Å². The maximum Gasteiger partial charge on any atom is 0.282 e. The molecule has 1 amide bonds. The number of hydrogen-bond donors (Lipinski definition) is 0. The number of nitro benzene ring substituents is 1. The van der Waals surface area contributed by atoms with Crippen molar-refractivity contribution in [1.29, 1.82) is 0 Å². The van der Waals surface area contributed by atoms with Gasteiger partial charge in [0.15, 0.2) is 0 Å². The number of nitro groups is 1. The molecule has 29 heavy (non-hydrogen) atoms. The summed E-state index contributed by atoms with van der Waals surface area (Å²) >= 11 is 0. The molecule has 2 aliphatic rings. The Kier molecular flexibility index (Phi) is 5.71. The third-order valence-corrected chi connectivity index (χ3v) is 5.69. The minimum Gasteiger partial charge on any atom is -0.369 e. The van der Waals surface area contributed by atoms with Crippen LogP contribution in [-0.4, -0.2) is 64.9 Å². The van der Waals surface area contributed by atoms with Crippen molar-refractivity contribution in [3.05, 3.63) is 64.0 Å². The molecule has 0 unspecified atom stereocenters. The summed E-state index contributed by atoms with van der Waals surface area (Å²) in [6.07, 6.45) is 5.53. The lowest BCUT2D eigenvalue weighted by molar-refractivity contribution is -0.385. The normalized spacial score (nSPS) is 17.5. The Labute approximate surface area is 169 Å². The van der Waals surface area contributed by atoms with Crippen LogP contribution in [0, 0.1) is 10.1 Å². The Bertz CT molecular complexity index is 875. The van der Waals surface area contributed by atoms with E-state index in [1.54, 1.807) is 29.4 Å². The lowest BCUT2D eigenvalue weighted by Crippen LogP contribution is -2.46.